The number of halogens is 25. The Morgan fingerprint density at radius 1 is 0.310 bits per heavy atom. The minimum atomic E-state index is -6.13. The summed E-state index contributed by atoms with van der Waals surface area (Å²) in [5.74, 6) is 0.810. The van der Waals surface area contributed by atoms with Gasteiger partial charge in [-0.15, -0.1) is 0 Å². The number of aromatic nitrogens is 1. The van der Waals surface area contributed by atoms with Gasteiger partial charge in [0.2, 0.25) is 18.1 Å². The van der Waals surface area contributed by atoms with Crippen molar-refractivity contribution in [2.75, 3.05) is 0 Å². The Hall–Kier alpha value is -6.09. The molecule has 0 radical (unpaired) electrons. The Morgan fingerprint density at radius 3 is 0.718 bits per heavy atom. The van der Waals surface area contributed by atoms with E-state index in [0.717, 1.165) is 10.2 Å². The molecule has 2 nitrogen and oxygen atoms in total. The predicted molar refractivity (Wildman–Crippen MR) is 207 cm³/mol. The van der Waals surface area contributed by atoms with E-state index in [1.54, 1.807) is 4.73 Å². The van der Waals surface area contributed by atoms with E-state index in [4.69, 9.17) is 4.84 Å². The van der Waals surface area contributed by atoms with Crippen LogP contribution in [0.25, 0.3) is 0 Å². The second-order valence-electron chi connectivity index (χ2n) is 15.0. The lowest BCUT2D eigenvalue weighted by molar-refractivity contribution is -0.875. The van der Waals surface area contributed by atoms with Crippen LogP contribution in [0, 0.1) is 0 Å². The van der Waals surface area contributed by atoms with Crippen LogP contribution in [0.4, 0.5) is 105 Å². The standard InChI is InChI=1S/C32H12BF24.C11H9BrNO/c34-25(35,36)13-1-14(26(37,38)39)6-21(5-13)33(22-7-15(27(40,41)42)2-16(8-22)28(43,44)45,23-9-17(29(46,47)48)3-18(10-23)30(49,50)51)24-11-19(31(52,53)54)4-20(12-24)32(55,56)57;12-10-4-6-11(7-5-10)14-13-8-2-1-3-9-13/h1-12H;1-9H/q-1;+1. The van der Waals surface area contributed by atoms with Crippen LogP contribution in [-0.4, -0.2) is 6.15 Å². The smallest absolute Gasteiger partial charge is 0.232 e. The molecule has 0 N–H and O–H groups in total. The molecule has 0 bridgehead atoms. The topological polar surface area (TPSA) is 13.1 Å². The van der Waals surface area contributed by atoms with Crippen LogP contribution < -0.4 is 31.4 Å². The van der Waals surface area contributed by atoms with Crippen molar-refractivity contribution >= 4 is 43.9 Å². The Kier molecular flexibility index (Phi) is 15.1. The van der Waals surface area contributed by atoms with Crippen LogP contribution in [0.15, 0.2) is 132 Å². The highest BCUT2D eigenvalue weighted by Crippen LogP contribution is 2.41. The summed E-state index contributed by atoms with van der Waals surface area (Å²) in [5.41, 5.74) is -30.2. The van der Waals surface area contributed by atoms with Gasteiger partial charge in [-0.05, 0) is 48.5 Å². The first-order valence-electron chi connectivity index (χ1n) is 18.9. The fourth-order valence-corrected chi connectivity index (χ4v) is 7.40. The molecular formula is C43H21BBrF24NO. The lowest BCUT2D eigenvalue weighted by atomic mass is 9.12. The van der Waals surface area contributed by atoms with Crippen molar-refractivity contribution in [2.45, 2.75) is 49.4 Å². The Morgan fingerprint density at radius 2 is 0.521 bits per heavy atom. The quantitative estimate of drug-likeness (QED) is 0.0920. The van der Waals surface area contributed by atoms with Crippen molar-refractivity contribution in [3.63, 3.8) is 0 Å². The van der Waals surface area contributed by atoms with Crippen molar-refractivity contribution in [2.24, 2.45) is 0 Å². The average Bonchev–Trinajstić information content (AvgIpc) is 3.22. The lowest BCUT2D eigenvalue weighted by Gasteiger charge is -2.46. The first kappa shape index (κ1) is 55.8. The van der Waals surface area contributed by atoms with Crippen molar-refractivity contribution < 1.29 is 115 Å². The van der Waals surface area contributed by atoms with Gasteiger partial charge in [-0.3, -0.25) is 0 Å². The lowest BCUT2D eigenvalue weighted by Crippen LogP contribution is -2.75. The molecule has 0 atom stereocenters. The second kappa shape index (κ2) is 19.2. The number of hydrogen-bond donors (Lipinski definition) is 0. The zero-order chi connectivity index (χ0) is 53.7. The third-order valence-corrected chi connectivity index (χ3v) is 10.7. The molecule has 0 fully saturated rings. The van der Waals surface area contributed by atoms with Gasteiger partial charge >= 0.3 is 49.4 Å². The van der Waals surface area contributed by atoms with Crippen molar-refractivity contribution in [3.05, 3.63) is 177 Å². The first-order valence-corrected chi connectivity index (χ1v) is 19.7. The van der Waals surface area contributed by atoms with Gasteiger partial charge in [0.1, 0.15) is 6.15 Å². The van der Waals surface area contributed by atoms with Gasteiger partial charge in [0.15, 0.2) is 0 Å². The molecule has 6 rings (SSSR count). The Balaban J connectivity index is 0.000000569. The van der Waals surface area contributed by atoms with Crippen molar-refractivity contribution in [3.8, 4) is 5.75 Å². The fourth-order valence-electron chi connectivity index (χ4n) is 7.13. The number of pyridine rings is 1. The summed E-state index contributed by atoms with van der Waals surface area (Å²) in [6.07, 6.45) is -51.1. The molecule has 28 heteroatoms. The molecule has 0 aliphatic heterocycles. The summed E-state index contributed by atoms with van der Waals surface area (Å²) in [6, 6.07) is 4.67. The second-order valence-corrected chi connectivity index (χ2v) is 15.9. The zero-order valence-electron chi connectivity index (χ0n) is 34.0. The minimum absolute atomic E-state index is 0.691. The van der Waals surface area contributed by atoms with Crippen LogP contribution in [0.2, 0.25) is 0 Å². The summed E-state index contributed by atoms with van der Waals surface area (Å²) in [7, 11) is 0. The summed E-state index contributed by atoms with van der Waals surface area (Å²) in [5, 5.41) is 0. The Bertz CT molecular complexity index is 2400. The summed E-state index contributed by atoms with van der Waals surface area (Å²) < 4.78 is 344. The minimum Gasteiger partial charge on any atom is -0.232 e. The predicted octanol–water partition coefficient (Wildman–Crippen LogP) is 13.8. The largest absolute Gasteiger partial charge is 0.416 e. The van der Waals surface area contributed by atoms with Crippen molar-refractivity contribution in [1.82, 2.24) is 0 Å². The third-order valence-electron chi connectivity index (χ3n) is 10.2. The normalized spacial score (nSPS) is 13.4. The molecule has 0 saturated carbocycles. The van der Waals surface area contributed by atoms with Gasteiger partial charge in [-0.1, -0.05) is 70.5 Å². The maximum Gasteiger partial charge on any atom is 0.416 e. The SMILES string of the molecule is Brc1ccc(O[n+]2ccccc2)cc1.FC(F)(F)c1cc([B-](c2cc(C(F)(F)F)cc(C(F)(F)F)c2)(c2cc(C(F)(F)F)cc(C(F)(F)F)c2)c2cc(C(F)(F)F)cc(C(F)(F)F)c2)cc(C(F)(F)F)c1. The van der Waals surface area contributed by atoms with E-state index in [2.05, 4.69) is 15.9 Å². The van der Waals surface area contributed by atoms with E-state index in [1.165, 1.54) is 0 Å². The van der Waals surface area contributed by atoms with Crippen LogP contribution in [-0.2, 0) is 49.4 Å². The Labute approximate surface area is 390 Å². The molecule has 6 aromatic rings. The fraction of sp³-hybridized carbons (Fsp3) is 0.186. The molecule has 1 heterocycles. The molecule has 0 spiro atoms. The molecule has 1 aromatic heterocycles. The highest BCUT2D eigenvalue weighted by atomic mass is 79.9. The highest BCUT2D eigenvalue weighted by Gasteiger charge is 2.47. The molecule has 5 aromatic carbocycles. The summed E-state index contributed by atoms with van der Waals surface area (Å²) >= 11 is 3.37. The van der Waals surface area contributed by atoms with Gasteiger partial charge in [0, 0.05) is 21.3 Å². The average molecular weight is 1110 g/mol. The highest BCUT2D eigenvalue weighted by molar-refractivity contribution is 9.10. The van der Waals surface area contributed by atoms with Gasteiger partial charge in [0.25, 0.3) is 0 Å². The van der Waals surface area contributed by atoms with Crippen LogP contribution in [0.3, 0.4) is 0 Å². The number of hydrogen-bond acceptors (Lipinski definition) is 1. The van der Waals surface area contributed by atoms with E-state index in [9.17, 15) is 105 Å². The molecule has 0 amide bonds. The van der Waals surface area contributed by atoms with Gasteiger partial charge in [-0.2, -0.15) is 127 Å². The van der Waals surface area contributed by atoms with Crippen LogP contribution in [0.1, 0.15) is 44.5 Å². The number of alkyl halides is 24. The number of nitrogens with zero attached hydrogens (tertiary/aromatic N) is 1. The molecule has 0 saturated heterocycles. The molecule has 0 unspecified atom stereocenters. The van der Waals surface area contributed by atoms with E-state index < -0.39 is 195 Å². The number of rotatable bonds is 6. The van der Waals surface area contributed by atoms with Gasteiger partial charge in [0.05, 0.1) is 44.5 Å². The first-order chi connectivity index (χ1) is 32.1. The van der Waals surface area contributed by atoms with E-state index >= 15 is 0 Å². The van der Waals surface area contributed by atoms with Crippen molar-refractivity contribution in [1.29, 1.82) is 0 Å². The van der Waals surface area contributed by atoms with Gasteiger partial charge < -0.3 is 0 Å². The molecule has 382 valence electrons. The van der Waals surface area contributed by atoms with E-state index in [1.807, 2.05) is 54.9 Å². The monoisotopic (exact) mass is 1110 g/mol. The van der Waals surface area contributed by atoms with E-state index in [-0.39, 0.29) is 0 Å². The molecule has 0 aliphatic carbocycles. The zero-order valence-corrected chi connectivity index (χ0v) is 35.6. The maximum absolute atomic E-state index is 14.2. The summed E-state index contributed by atoms with van der Waals surface area (Å²) in [4.78, 5) is 5.53. The van der Waals surface area contributed by atoms with Crippen LogP contribution >= 0.6 is 15.9 Å². The van der Waals surface area contributed by atoms with E-state index in [0.29, 0.717) is 0 Å². The van der Waals surface area contributed by atoms with Gasteiger partial charge in [-0.25, -0.2) is 4.84 Å². The molecule has 0 aliphatic rings. The summed E-state index contributed by atoms with van der Waals surface area (Å²) in [6.45, 7) is 0. The third kappa shape index (κ3) is 13.3. The molecular weight excluding hydrogens is 1090 g/mol. The number of benzene rings is 5. The maximum atomic E-state index is 14.2. The molecule has 71 heavy (non-hydrogen) atoms. The van der Waals surface area contributed by atoms with Crippen LogP contribution in [0.5, 0.6) is 5.75 Å².